The molecule has 0 fully saturated rings. The molecular weight excluding hydrogens is 312 g/mol. The number of phenolic OH excluding ortho intramolecular Hbond substituents is 4. The number of hydrogen-bond donors (Lipinski definition) is 6. The van der Waals surface area contributed by atoms with Crippen LogP contribution in [0, 0.1) is 0 Å². The van der Waals surface area contributed by atoms with Crippen LogP contribution in [0.1, 0.15) is 20.7 Å². The van der Waals surface area contributed by atoms with Gasteiger partial charge < -0.3 is 35.4 Å². The molecule has 2 aromatic carbocycles. The van der Waals surface area contributed by atoms with E-state index in [1.54, 1.807) is 0 Å². The SMILES string of the molecule is O=C(Oc1c(O)ccc(C(=O)O)c1O)c1cc(O)c(O)c(O)c1. The number of ether oxygens (including phenoxy) is 1. The topological polar surface area (TPSA) is 165 Å². The molecule has 9 heteroatoms. The molecule has 2 rings (SSSR count). The van der Waals surface area contributed by atoms with E-state index in [2.05, 4.69) is 0 Å². The van der Waals surface area contributed by atoms with Crippen molar-refractivity contribution in [2.24, 2.45) is 0 Å². The minimum absolute atomic E-state index is 0.419. The number of aromatic carboxylic acids is 1. The Morgan fingerprint density at radius 1 is 0.826 bits per heavy atom. The molecule has 0 saturated heterocycles. The van der Waals surface area contributed by atoms with Crippen molar-refractivity contribution >= 4 is 11.9 Å². The van der Waals surface area contributed by atoms with Crippen LogP contribution in [-0.4, -0.2) is 42.6 Å². The number of carboxylic acid groups (broad SMARTS) is 1. The minimum Gasteiger partial charge on any atom is -0.504 e. The third kappa shape index (κ3) is 2.88. The van der Waals surface area contributed by atoms with Crippen molar-refractivity contribution < 1.29 is 45.0 Å². The highest BCUT2D eigenvalue weighted by atomic mass is 16.5. The van der Waals surface area contributed by atoms with Gasteiger partial charge in [0.15, 0.2) is 28.7 Å². The highest BCUT2D eigenvalue weighted by Gasteiger charge is 2.22. The van der Waals surface area contributed by atoms with Crippen LogP contribution >= 0.6 is 0 Å². The second kappa shape index (κ2) is 5.64. The molecule has 0 bridgehead atoms. The zero-order valence-electron chi connectivity index (χ0n) is 11.2. The molecule has 0 saturated carbocycles. The van der Waals surface area contributed by atoms with Gasteiger partial charge in [-0.05, 0) is 24.3 Å². The summed E-state index contributed by atoms with van der Waals surface area (Å²) in [6, 6.07) is 3.35. The highest BCUT2D eigenvalue weighted by Crippen LogP contribution is 2.40. The number of benzene rings is 2. The average molecular weight is 322 g/mol. The molecule has 0 unspecified atom stereocenters. The van der Waals surface area contributed by atoms with Gasteiger partial charge in [-0.3, -0.25) is 0 Å². The number of carbonyl (C=O) groups excluding carboxylic acids is 1. The van der Waals surface area contributed by atoms with E-state index in [4.69, 9.17) is 9.84 Å². The first-order valence-corrected chi connectivity index (χ1v) is 5.97. The zero-order chi connectivity index (χ0) is 17.3. The van der Waals surface area contributed by atoms with Crippen LogP contribution in [0.4, 0.5) is 0 Å². The van der Waals surface area contributed by atoms with E-state index in [1.807, 2.05) is 0 Å². The Labute approximate surface area is 127 Å². The van der Waals surface area contributed by atoms with Gasteiger partial charge in [-0.1, -0.05) is 0 Å². The molecule has 0 heterocycles. The second-order valence-corrected chi connectivity index (χ2v) is 4.37. The summed E-state index contributed by atoms with van der Waals surface area (Å²) in [6.07, 6.45) is 0. The van der Waals surface area contributed by atoms with Crippen molar-refractivity contribution in [1.29, 1.82) is 0 Å². The molecule has 120 valence electrons. The fourth-order valence-electron chi connectivity index (χ4n) is 1.71. The lowest BCUT2D eigenvalue weighted by Gasteiger charge is -2.10. The van der Waals surface area contributed by atoms with Gasteiger partial charge in [-0.25, -0.2) is 9.59 Å². The van der Waals surface area contributed by atoms with Gasteiger partial charge in [0.1, 0.15) is 5.56 Å². The summed E-state index contributed by atoms with van der Waals surface area (Å²) in [5.74, 6) is -7.67. The van der Waals surface area contributed by atoms with Gasteiger partial charge in [-0.2, -0.15) is 0 Å². The van der Waals surface area contributed by atoms with Gasteiger partial charge in [0, 0.05) is 0 Å². The lowest BCUT2D eigenvalue weighted by atomic mass is 10.1. The predicted molar refractivity (Wildman–Crippen MR) is 73.1 cm³/mol. The quantitative estimate of drug-likeness (QED) is 0.276. The molecule has 9 nitrogen and oxygen atoms in total. The first-order chi connectivity index (χ1) is 10.7. The summed E-state index contributed by atoms with van der Waals surface area (Å²) in [5.41, 5.74) is -1.03. The van der Waals surface area contributed by atoms with Crippen LogP contribution < -0.4 is 4.74 Å². The molecule has 0 atom stereocenters. The normalized spacial score (nSPS) is 10.3. The molecule has 0 aliphatic carbocycles. The lowest BCUT2D eigenvalue weighted by Crippen LogP contribution is -2.09. The summed E-state index contributed by atoms with van der Waals surface area (Å²) < 4.78 is 4.70. The number of hydrogen-bond acceptors (Lipinski definition) is 8. The zero-order valence-corrected chi connectivity index (χ0v) is 11.2. The van der Waals surface area contributed by atoms with Crippen LogP contribution in [0.2, 0.25) is 0 Å². The van der Waals surface area contributed by atoms with Gasteiger partial charge in [0.25, 0.3) is 0 Å². The molecule has 0 aliphatic heterocycles. The van der Waals surface area contributed by atoms with E-state index in [0.717, 1.165) is 24.3 Å². The monoisotopic (exact) mass is 322 g/mol. The fraction of sp³-hybridized carbons (Fsp3) is 0. The number of carboxylic acids is 1. The summed E-state index contributed by atoms with van der Waals surface area (Å²) in [6.45, 7) is 0. The average Bonchev–Trinajstić information content (AvgIpc) is 2.47. The predicted octanol–water partition coefficient (Wildman–Crippen LogP) is 1.13. The van der Waals surface area contributed by atoms with Gasteiger partial charge in [-0.15, -0.1) is 0 Å². The first kappa shape index (κ1) is 15.8. The Bertz CT molecular complexity index is 787. The highest BCUT2D eigenvalue weighted by molar-refractivity contribution is 5.96. The Hall–Kier alpha value is -3.62. The maximum Gasteiger partial charge on any atom is 0.344 e. The maximum atomic E-state index is 11.9. The van der Waals surface area contributed by atoms with E-state index < -0.39 is 57.6 Å². The number of esters is 1. The van der Waals surface area contributed by atoms with Gasteiger partial charge >= 0.3 is 11.9 Å². The Morgan fingerprint density at radius 2 is 1.39 bits per heavy atom. The minimum atomic E-state index is -1.51. The van der Waals surface area contributed by atoms with Crippen LogP contribution in [0.15, 0.2) is 24.3 Å². The van der Waals surface area contributed by atoms with Crippen molar-refractivity contribution in [1.82, 2.24) is 0 Å². The first-order valence-electron chi connectivity index (χ1n) is 5.97. The molecule has 2 aromatic rings. The molecule has 0 amide bonds. The third-order valence-corrected chi connectivity index (χ3v) is 2.84. The number of phenols is 5. The fourth-order valence-corrected chi connectivity index (χ4v) is 1.71. The van der Waals surface area contributed by atoms with Crippen LogP contribution in [0.3, 0.4) is 0 Å². The summed E-state index contributed by atoms with van der Waals surface area (Å²) >= 11 is 0. The molecule has 0 spiro atoms. The Balaban J connectivity index is 2.42. The van der Waals surface area contributed by atoms with Crippen molar-refractivity contribution in [3.05, 3.63) is 35.4 Å². The molecule has 0 aliphatic rings. The summed E-state index contributed by atoms with van der Waals surface area (Å²) in [4.78, 5) is 22.8. The second-order valence-electron chi connectivity index (χ2n) is 4.37. The Morgan fingerprint density at radius 3 is 1.91 bits per heavy atom. The van der Waals surface area contributed by atoms with E-state index in [9.17, 15) is 35.1 Å². The van der Waals surface area contributed by atoms with Crippen molar-refractivity contribution in [2.45, 2.75) is 0 Å². The molecule has 6 N–H and O–H groups in total. The Kier molecular flexibility index (Phi) is 3.86. The van der Waals surface area contributed by atoms with Crippen LogP contribution in [0.5, 0.6) is 34.5 Å². The standard InChI is InChI=1S/C14H10O9/c15-7-2-1-6(13(20)21)10(18)12(7)23-14(22)5-3-8(16)11(19)9(17)4-5/h1-4,15-19H,(H,20,21). The lowest BCUT2D eigenvalue weighted by molar-refractivity contribution is 0.0679. The van der Waals surface area contributed by atoms with E-state index >= 15 is 0 Å². The maximum absolute atomic E-state index is 11.9. The van der Waals surface area contributed by atoms with Gasteiger partial charge in [0.2, 0.25) is 5.75 Å². The van der Waals surface area contributed by atoms with E-state index in [-0.39, 0.29) is 0 Å². The number of carbonyl (C=O) groups is 2. The molecule has 0 radical (unpaired) electrons. The van der Waals surface area contributed by atoms with E-state index in [0.29, 0.717) is 0 Å². The van der Waals surface area contributed by atoms with Crippen molar-refractivity contribution in [3.63, 3.8) is 0 Å². The van der Waals surface area contributed by atoms with E-state index in [1.165, 1.54) is 0 Å². The van der Waals surface area contributed by atoms with Crippen LogP contribution in [0.25, 0.3) is 0 Å². The number of aromatic hydroxyl groups is 5. The van der Waals surface area contributed by atoms with Gasteiger partial charge in [0.05, 0.1) is 5.56 Å². The smallest absolute Gasteiger partial charge is 0.344 e. The summed E-state index contributed by atoms with van der Waals surface area (Å²) in [5, 5.41) is 56.0. The van der Waals surface area contributed by atoms with Crippen molar-refractivity contribution in [3.8, 4) is 34.5 Å². The third-order valence-electron chi connectivity index (χ3n) is 2.84. The van der Waals surface area contributed by atoms with Crippen molar-refractivity contribution in [2.75, 3.05) is 0 Å². The molecular formula is C14H10O9. The van der Waals surface area contributed by atoms with Crippen LogP contribution in [-0.2, 0) is 0 Å². The molecule has 0 aromatic heterocycles. The largest absolute Gasteiger partial charge is 0.504 e. The number of rotatable bonds is 3. The summed E-state index contributed by atoms with van der Waals surface area (Å²) in [7, 11) is 0. The molecule has 23 heavy (non-hydrogen) atoms.